The van der Waals surface area contributed by atoms with Gasteiger partial charge in [0.15, 0.2) is 0 Å². The van der Waals surface area contributed by atoms with E-state index in [4.69, 9.17) is 4.74 Å². The van der Waals surface area contributed by atoms with Crippen LogP contribution in [-0.2, 0) is 0 Å². The Balaban J connectivity index is 2.85. The number of rotatable bonds is 9. The standard InChI is InChI=1S/C17H27NO/c1-5-7-8-9-16(18-12-6-2)15-11-10-14(3)13-17(15)19-4/h5,10-11,13,16,18H,1,6-9,12H2,2-4H3. The first-order chi connectivity index (χ1) is 9.22. The van der Waals surface area contributed by atoms with Gasteiger partial charge in [0.2, 0.25) is 0 Å². The number of allylic oxidation sites excluding steroid dienone is 1. The molecule has 1 N–H and O–H groups in total. The van der Waals surface area contributed by atoms with Crippen LogP contribution in [-0.4, -0.2) is 13.7 Å². The van der Waals surface area contributed by atoms with E-state index in [-0.39, 0.29) is 0 Å². The van der Waals surface area contributed by atoms with Gasteiger partial charge in [-0.05, 0) is 50.8 Å². The minimum absolute atomic E-state index is 0.371. The Hall–Kier alpha value is -1.28. The molecule has 1 aromatic rings. The van der Waals surface area contributed by atoms with Gasteiger partial charge >= 0.3 is 0 Å². The minimum Gasteiger partial charge on any atom is -0.496 e. The third-order valence-corrected chi connectivity index (χ3v) is 3.31. The van der Waals surface area contributed by atoms with Gasteiger partial charge in [0.05, 0.1) is 7.11 Å². The van der Waals surface area contributed by atoms with Crippen LogP contribution in [0.15, 0.2) is 30.9 Å². The summed E-state index contributed by atoms with van der Waals surface area (Å²) in [5.41, 5.74) is 2.51. The number of hydrogen-bond donors (Lipinski definition) is 1. The van der Waals surface area contributed by atoms with Gasteiger partial charge in [0.25, 0.3) is 0 Å². The van der Waals surface area contributed by atoms with E-state index in [1.165, 1.54) is 11.1 Å². The van der Waals surface area contributed by atoms with E-state index in [2.05, 4.69) is 43.9 Å². The molecule has 0 amide bonds. The van der Waals surface area contributed by atoms with Crippen LogP contribution in [0.2, 0.25) is 0 Å². The highest BCUT2D eigenvalue weighted by atomic mass is 16.5. The van der Waals surface area contributed by atoms with Crippen LogP contribution in [0.5, 0.6) is 5.75 Å². The van der Waals surface area contributed by atoms with Crippen molar-refractivity contribution in [3.63, 3.8) is 0 Å². The molecule has 1 aromatic carbocycles. The summed E-state index contributed by atoms with van der Waals surface area (Å²) in [6.07, 6.45) is 6.47. The molecule has 19 heavy (non-hydrogen) atoms. The third-order valence-electron chi connectivity index (χ3n) is 3.31. The quantitative estimate of drug-likeness (QED) is 0.525. The molecule has 1 rings (SSSR count). The molecule has 0 saturated heterocycles. The van der Waals surface area contributed by atoms with Gasteiger partial charge in [-0.1, -0.05) is 25.1 Å². The Morgan fingerprint density at radius 3 is 2.84 bits per heavy atom. The lowest BCUT2D eigenvalue weighted by Gasteiger charge is -2.21. The average Bonchev–Trinajstić information content (AvgIpc) is 2.43. The summed E-state index contributed by atoms with van der Waals surface area (Å²) in [5.74, 6) is 0.993. The molecule has 0 aromatic heterocycles. The molecule has 106 valence electrons. The van der Waals surface area contributed by atoms with E-state index >= 15 is 0 Å². The van der Waals surface area contributed by atoms with Gasteiger partial charge in [0, 0.05) is 11.6 Å². The first-order valence-corrected chi connectivity index (χ1v) is 7.21. The maximum absolute atomic E-state index is 5.53. The fourth-order valence-corrected chi connectivity index (χ4v) is 2.26. The van der Waals surface area contributed by atoms with Crippen LogP contribution in [0.3, 0.4) is 0 Å². The Labute approximate surface area is 117 Å². The van der Waals surface area contributed by atoms with Crippen molar-refractivity contribution in [3.05, 3.63) is 42.0 Å². The van der Waals surface area contributed by atoms with Gasteiger partial charge in [-0.3, -0.25) is 0 Å². The Morgan fingerprint density at radius 2 is 2.21 bits per heavy atom. The Bertz CT molecular complexity index is 387. The molecule has 1 atom stereocenters. The van der Waals surface area contributed by atoms with Crippen molar-refractivity contribution in [1.82, 2.24) is 5.32 Å². The molecular formula is C17H27NO. The van der Waals surface area contributed by atoms with Crippen molar-refractivity contribution in [1.29, 1.82) is 0 Å². The summed E-state index contributed by atoms with van der Waals surface area (Å²) < 4.78 is 5.53. The second kappa shape index (κ2) is 8.76. The second-order valence-corrected chi connectivity index (χ2v) is 4.97. The van der Waals surface area contributed by atoms with E-state index in [0.29, 0.717) is 6.04 Å². The van der Waals surface area contributed by atoms with E-state index < -0.39 is 0 Å². The number of nitrogens with one attached hydrogen (secondary N) is 1. The zero-order chi connectivity index (χ0) is 14.1. The van der Waals surface area contributed by atoms with E-state index in [1.807, 2.05) is 6.08 Å². The molecule has 0 radical (unpaired) electrons. The lowest BCUT2D eigenvalue weighted by atomic mass is 9.98. The molecule has 0 heterocycles. The van der Waals surface area contributed by atoms with Crippen molar-refractivity contribution >= 4 is 0 Å². The molecule has 2 nitrogen and oxygen atoms in total. The number of methoxy groups -OCH3 is 1. The highest BCUT2D eigenvalue weighted by Crippen LogP contribution is 2.29. The molecule has 2 heteroatoms. The lowest BCUT2D eigenvalue weighted by molar-refractivity contribution is 0.393. The van der Waals surface area contributed by atoms with Gasteiger partial charge < -0.3 is 10.1 Å². The summed E-state index contributed by atoms with van der Waals surface area (Å²) in [6.45, 7) is 9.12. The van der Waals surface area contributed by atoms with Gasteiger partial charge in [0.1, 0.15) is 5.75 Å². The van der Waals surface area contributed by atoms with Crippen LogP contribution in [0.1, 0.15) is 49.8 Å². The van der Waals surface area contributed by atoms with Crippen molar-refractivity contribution < 1.29 is 4.74 Å². The zero-order valence-electron chi connectivity index (χ0n) is 12.5. The number of hydrogen-bond acceptors (Lipinski definition) is 2. The van der Waals surface area contributed by atoms with Gasteiger partial charge in [-0.15, -0.1) is 6.58 Å². The number of ether oxygens (including phenoxy) is 1. The summed E-state index contributed by atoms with van der Waals surface area (Å²) in [7, 11) is 1.75. The second-order valence-electron chi connectivity index (χ2n) is 4.97. The Kier molecular flexibility index (Phi) is 7.27. The van der Waals surface area contributed by atoms with Crippen molar-refractivity contribution in [2.45, 2.75) is 45.6 Å². The highest BCUT2D eigenvalue weighted by Gasteiger charge is 2.15. The summed E-state index contributed by atoms with van der Waals surface area (Å²) in [4.78, 5) is 0. The van der Waals surface area contributed by atoms with Crippen LogP contribution in [0.25, 0.3) is 0 Å². The molecule has 0 saturated carbocycles. The predicted octanol–water partition coefficient (Wildman–Crippen LogP) is 4.40. The summed E-state index contributed by atoms with van der Waals surface area (Å²) in [6, 6.07) is 6.83. The average molecular weight is 261 g/mol. The van der Waals surface area contributed by atoms with Crippen molar-refractivity contribution in [3.8, 4) is 5.75 Å². The molecule has 0 aliphatic rings. The highest BCUT2D eigenvalue weighted by molar-refractivity contribution is 5.39. The molecular weight excluding hydrogens is 234 g/mol. The fourth-order valence-electron chi connectivity index (χ4n) is 2.26. The first kappa shape index (κ1) is 15.8. The molecule has 0 aliphatic heterocycles. The van der Waals surface area contributed by atoms with E-state index in [9.17, 15) is 0 Å². The van der Waals surface area contributed by atoms with Crippen molar-refractivity contribution in [2.24, 2.45) is 0 Å². The molecule has 1 unspecified atom stereocenters. The first-order valence-electron chi connectivity index (χ1n) is 7.21. The number of benzene rings is 1. The third kappa shape index (κ3) is 5.07. The lowest BCUT2D eigenvalue weighted by Crippen LogP contribution is -2.22. The number of unbranched alkanes of at least 4 members (excludes halogenated alkanes) is 1. The normalized spacial score (nSPS) is 12.2. The Morgan fingerprint density at radius 1 is 1.42 bits per heavy atom. The van der Waals surface area contributed by atoms with E-state index in [0.717, 1.165) is 38.0 Å². The maximum Gasteiger partial charge on any atom is 0.123 e. The molecule has 0 bridgehead atoms. The summed E-state index contributed by atoms with van der Waals surface area (Å²) >= 11 is 0. The molecule has 0 spiro atoms. The van der Waals surface area contributed by atoms with Crippen LogP contribution in [0, 0.1) is 6.92 Å². The minimum atomic E-state index is 0.371. The summed E-state index contributed by atoms with van der Waals surface area (Å²) in [5, 5.41) is 3.62. The molecule has 0 fully saturated rings. The van der Waals surface area contributed by atoms with Crippen LogP contribution in [0.4, 0.5) is 0 Å². The van der Waals surface area contributed by atoms with Crippen LogP contribution < -0.4 is 10.1 Å². The largest absolute Gasteiger partial charge is 0.496 e. The maximum atomic E-state index is 5.53. The van der Waals surface area contributed by atoms with E-state index in [1.54, 1.807) is 7.11 Å². The fraction of sp³-hybridized carbons (Fsp3) is 0.529. The monoisotopic (exact) mass is 261 g/mol. The zero-order valence-corrected chi connectivity index (χ0v) is 12.5. The topological polar surface area (TPSA) is 21.3 Å². The predicted molar refractivity (Wildman–Crippen MR) is 82.8 cm³/mol. The number of aryl methyl sites for hydroxylation is 1. The SMILES string of the molecule is C=CCCCC(NCCC)c1ccc(C)cc1OC. The van der Waals surface area contributed by atoms with Gasteiger partial charge in [-0.25, -0.2) is 0 Å². The smallest absolute Gasteiger partial charge is 0.123 e. The molecule has 0 aliphatic carbocycles. The van der Waals surface area contributed by atoms with Crippen molar-refractivity contribution in [2.75, 3.05) is 13.7 Å². The van der Waals surface area contributed by atoms with Crippen LogP contribution >= 0.6 is 0 Å². The van der Waals surface area contributed by atoms with Gasteiger partial charge in [-0.2, -0.15) is 0 Å².